The molecule has 3 rings (SSSR count). The summed E-state index contributed by atoms with van der Waals surface area (Å²) in [4.78, 5) is 0. The molecule has 1 aliphatic carbocycles. The maximum atomic E-state index is 10.2. The minimum absolute atomic E-state index is 0.606. The van der Waals surface area contributed by atoms with Crippen LogP contribution in [0.4, 0.5) is 0 Å². The van der Waals surface area contributed by atoms with Gasteiger partial charge in [0.1, 0.15) is 11.9 Å². The summed E-state index contributed by atoms with van der Waals surface area (Å²) in [7, 11) is 0. The third-order valence-electron chi connectivity index (χ3n) is 2.79. The number of fused-ring (bicyclic) bond motifs is 3. The fourth-order valence-electron chi connectivity index (χ4n) is 2.01. The standard InChI is InChI=1S/C12H10O3/c13-11-7-3-5-9-8-4-1-2-6-10(8)15-12(9,11)14/h1-7,11,13-14H/t11-,12-/m0/s1. The Labute approximate surface area is 86.9 Å². The fourth-order valence-corrected chi connectivity index (χ4v) is 2.01. The van der Waals surface area contributed by atoms with Gasteiger partial charge in [-0.15, -0.1) is 0 Å². The van der Waals surface area contributed by atoms with E-state index in [1.54, 1.807) is 18.2 Å². The molecule has 76 valence electrons. The largest absolute Gasteiger partial charge is 0.454 e. The number of para-hydroxylation sites is 1. The number of benzene rings is 1. The molecule has 0 saturated heterocycles. The summed E-state index contributed by atoms with van der Waals surface area (Å²) < 4.78 is 5.40. The highest BCUT2D eigenvalue weighted by molar-refractivity contribution is 5.81. The van der Waals surface area contributed by atoms with Gasteiger partial charge in [-0.3, -0.25) is 0 Å². The van der Waals surface area contributed by atoms with Crippen molar-refractivity contribution in [2.24, 2.45) is 0 Å². The van der Waals surface area contributed by atoms with Crippen molar-refractivity contribution in [1.82, 2.24) is 0 Å². The molecule has 3 nitrogen and oxygen atoms in total. The lowest BCUT2D eigenvalue weighted by Gasteiger charge is -2.29. The van der Waals surface area contributed by atoms with Gasteiger partial charge < -0.3 is 14.9 Å². The molecule has 0 spiro atoms. The summed E-state index contributed by atoms with van der Waals surface area (Å²) in [6.45, 7) is 0. The Morgan fingerprint density at radius 3 is 2.93 bits per heavy atom. The second kappa shape index (κ2) is 2.72. The van der Waals surface area contributed by atoms with Crippen molar-refractivity contribution in [3.8, 4) is 5.75 Å². The monoisotopic (exact) mass is 202 g/mol. The first-order valence-corrected chi connectivity index (χ1v) is 4.79. The van der Waals surface area contributed by atoms with E-state index in [2.05, 4.69) is 0 Å². The van der Waals surface area contributed by atoms with Crippen LogP contribution in [0.15, 0.2) is 42.5 Å². The molecule has 3 heteroatoms. The topological polar surface area (TPSA) is 49.7 Å². The number of allylic oxidation sites excluding steroid dienone is 2. The highest BCUT2D eigenvalue weighted by Gasteiger charge is 2.48. The zero-order chi connectivity index (χ0) is 10.5. The number of ether oxygens (including phenoxy) is 1. The molecule has 2 atom stereocenters. The van der Waals surface area contributed by atoms with E-state index in [1.165, 1.54) is 6.08 Å². The van der Waals surface area contributed by atoms with Crippen LogP contribution in [-0.2, 0) is 0 Å². The predicted octanol–water partition coefficient (Wildman–Crippen LogP) is 1.08. The molecule has 0 radical (unpaired) electrons. The lowest BCUT2D eigenvalue weighted by atomic mass is 9.92. The van der Waals surface area contributed by atoms with E-state index >= 15 is 0 Å². The Balaban J connectivity index is 2.22. The zero-order valence-corrected chi connectivity index (χ0v) is 7.92. The Kier molecular flexibility index (Phi) is 1.58. The molecule has 0 fully saturated rings. The van der Waals surface area contributed by atoms with Gasteiger partial charge in [0.05, 0.1) is 0 Å². The van der Waals surface area contributed by atoms with Gasteiger partial charge in [0.2, 0.25) is 0 Å². The van der Waals surface area contributed by atoms with E-state index in [0.29, 0.717) is 11.3 Å². The lowest BCUT2D eigenvalue weighted by Crippen LogP contribution is -2.45. The van der Waals surface area contributed by atoms with Crippen LogP contribution in [-0.4, -0.2) is 22.1 Å². The van der Waals surface area contributed by atoms with Crippen molar-refractivity contribution in [3.05, 3.63) is 48.1 Å². The van der Waals surface area contributed by atoms with Crippen LogP contribution in [0.5, 0.6) is 5.75 Å². The van der Waals surface area contributed by atoms with Crippen molar-refractivity contribution < 1.29 is 14.9 Å². The first-order chi connectivity index (χ1) is 7.22. The second-order valence-corrected chi connectivity index (χ2v) is 3.70. The Hall–Kier alpha value is -1.58. The molecular weight excluding hydrogens is 192 g/mol. The maximum absolute atomic E-state index is 10.2. The van der Waals surface area contributed by atoms with Crippen LogP contribution >= 0.6 is 0 Å². The SMILES string of the molecule is O[C@H]1C=CC=C2c3ccccc3O[C@@]21O. The summed E-state index contributed by atoms with van der Waals surface area (Å²) in [6, 6.07) is 7.35. The molecule has 2 aliphatic rings. The molecule has 0 aromatic heterocycles. The normalized spacial score (nSPS) is 31.6. The van der Waals surface area contributed by atoms with Gasteiger partial charge in [-0.1, -0.05) is 30.4 Å². The smallest absolute Gasteiger partial charge is 0.265 e. The summed E-state index contributed by atoms with van der Waals surface area (Å²) in [6.07, 6.45) is 3.97. The number of aliphatic hydroxyl groups excluding tert-OH is 1. The van der Waals surface area contributed by atoms with Gasteiger partial charge in [-0.05, 0) is 12.1 Å². The molecule has 2 N–H and O–H groups in total. The minimum atomic E-state index is -1.61. The molecule has 1 heterocycles. The van der Waals surface area contributed by atoms with Gasteiger partial charge in [-0.2, -0.15) is 0 Å². The average molecular weight is 202 g/mol. The van der Waals surface area contributed by atoms with Crippen LogP contribution in [0, 0.1) is 0 Å². The molecular formula is C12H10O3. The van der Waals surface area contributed by atoms with Crippen LogP contribution < -0.4 is 4.74 Å². The van der Waals surface area contributed by atoms with Gasteiger partial charge in [-0.25, -0.2) is 0 Å². The quantitative estimate of drug-likeness (QED) is 0.662. The molecule has 0 saturated carbocycles. The van der Waals surface area contributed by atoms with E-state index < -0.39 is 11.9 Å². The summed E-state index contributed by atoms with van der Waals surface area (Å²) in [5, 5.41) is 19.9. The van der Waals surface area contributed by atoms with Gasteiger partial charge in [0, 0.05) is 11.1 Å². The summed E-state index contributed by atoms with van der Waals surface area (Å²) >= 11 is 0. The van der Waals surface area contributed by atoms with Crippen molar-refractivity contribution in [2.75, 3.05) is 0 Å². The van der Waals surface area contributed by atoms with Crippen molar-refractivity contribution in [3.63, 3.8) is 0 Å². The number of rotatable bonds is 0. The molecule has 0 unspecified atom stereocenters. The average Bonchev–Trinajstić information content (AvgIpc) is 2.53. The number of aliphatic hydroxyl groups is 2. The zero-order valence-electron chi connectivity index (χ0n) is 7.92. The van der Waals surface area contributed by atoms with Gasteiger partial charge >= 0.3 is 0 Å². The fraction of sp³-hybridized carbons (Fsp3) is 0.167. The van der Waals surface area contributed by atoms with Gasteiger partial charge in [0.15, 0.2) is 0 Å². The lowest BCUT2D eigenvalue weighted by molar-refractivity contribution is -0.138. The molecule has 1 aliphatic heterocycles. The van der Waals surface area contributed by atoms with Gasteiger partial charge in [0.25, 0.3) is 5.79 Å². The molecule has 1 aromatic rings. The van der Waals surface area contributed by atoms with Crippen LogP contribution in [0.3, 0.4) is 0 Å². The maximum Gasteiger partial charge on any atom is 0.265 e. The number of hydrogen-bond donors (Lipinski definition) is 2. The van der Waals surface area contributed by atoms with Crippen molar-refractivity contribution >= 4 is 5.57 Å². The Morgan fingerprint density at radius 2 is 2.07 bits per heavy atom. The van der Waals surface area contributed by atoms with E-state index in [1.807, 2.05) is 18.2 Å². The summed E-state index contributed by atoms with van der Waals surface area (Å²) in [5.74, 6) is -1.01. The molecule has 1 aromatic carbocycles. The predicted molar refractivity (Wildman–Crippen MR) is 55.1 cm³/mol. The van der Waals surface area contributed by atoms with E-state index in [-0.39, 0.29) is 0 Å². The van der Waals surface area contributed by atoms with Crippen molar-refractivity contribution in [1.29, 1.82) is 0 Å². The molecule has 15 heavy (non-hydrogen) atoms. The highest BCUT2D eigenvalue weighted by Crippen LogP contribution is 2.45. The molecule has 0 amide bonds. The van der Waals surface area contributed by atoms with Crippen LogP contribution in [0.1, 0.15) is 5.56 Å². The third kappa shape index (κ3) is 1.02. The van der Waals surface area contributed by atoms with E-state index in [9.17, 15) is 10.2 Å². The number of hydrogen-bond acceptors (Lipinski definition) is 3. The third-order valence-corrected chi connectivity index (χ3v) is 2.79. The van der Waals surface area contributed by atoms with E-state index in [0.717, 1.165) is 5.56 Å². The van der Waals surface area contributed by atoms with Crippen LogP contribution in [0.25, 0.3) is 5.57 Å². The van der Waals surface area contributed by atoms with Crippen molar-refractivity contribution in [2.45, 2.75) is 11.9 Å². The highest BCUT2D eigenvalue weighted by atomic mass is 16.6. The van der Waals surface area contributed by atoms with Crippen LogP contribution in [0.2, 0.25) is 0 Å². The Morgan fingerprint density at radius 1 is 1.27 bits per heavy atom. The second-order valence-electron chi connectivity index (χ2n) is 3.70. The molecule has 0 bridgehead atoms. The van der Waals surface area contributed by atoms with E-state index in [4.69, 9.17) is 4.74 Å². The first-order valence-electron chi connectivity index (χ1n) is 4.79. The minimum Gasteiger partial charge on any atom is -0.454 e. The summed E-state index contributed by atoms with van der Waals surface area (Å²) in [5.41, 5.74) is 1.46. The first kappa shape index (κ1) is 8.71. The Bertz CT molecular complexity index is 476.